The predicted octanol–water partition coefficient (Wildman–Crippen LogP) is 3.25. The molecule has 0 bridgehead atoms. The summed E-state index contributed by atoms with van der Waals surface area (Å²) in [6.07, 6.45) is 5.79. The van der Waals surface area contributed by atoms with Crippen molar-refractivity contribution in [3.05, 3.63) is 35.4 Å². The second-order valence-electron chi connectivity index (χ2n) is 5.89. The first-order valence-electron chi connectivity index (χ1n) is 6.98. The van der Waals surface area contributed by atoms with Gasteiger partial charge >= 0.3 is 0 Å². The molecule has 0 heterocycles. The van der Waals surface area contributed by atoms with E-state index in [-0.39, 0.29) is 5.54 Å². The summed E-state index contributed by atoms with van der Waals surface area (Å²) in [6.45, 7) is 2.91. The molecule has 0 spiro atoms. The van der Waals surface area contributed by atoms with Crippen molar-refractivity contribution < 1.29 is 4.74 Å². The topological polar surface area (TPSA) is 35.2 Å². The van der Waals surface area contributed by atoms with Crippen molar-refractivity contribution in [2.24, 2.45) is 5.73 Å². The number of benzene rings is 1. The number of nitrogens with two attached hydrogens (primary N) is 1. The van der Waals surface area contributed by atoms with E-state index in [0.717, 1.165) is 19.4 Å². The Morgan fingerprint density at radius 3 is 2.94 bits per heavy atom. The van der Waals surface area contributed by atoms with Crippen LogP contribution in [-0.4, -0.2) is 19.3 Å². The van der Waals surface area contributed by atoms with Gasteiger partial charge in [-0.05, 0) is 56.1 Å². The van der Waals surface area contributed by atoms with E-state index >= 15 is 0 Å². The van der Waals surface area contributed by atoms with Crippen LogP contribution in [0, 0.1) is 0 Å². The highest BCUT2D eigenvalue weighted by Crippen LogP contribution is 2.36. The fraction of sp³-hybridized carbons (Fsp3) is 0.625. The SMILES string of the molecule is COCCC(C)(N)CC1CCCc2ccccc21. The summed E-state index contributed by atoms with van der Waals surface area (Å²) in [7, 11) is 1.74. The normalized spacial score (nSPS) is 22.3. The quantitative estimate of drug-likeness (QED) is 0.867. The van der Waals surface area contributed by atoms with E-state index in [9.17, 15) is 0 Å². The average molecular weight is 247 g/mol. The maximum absolute atomic E-state index is 6.41. The lowest BCUT2D eigenvalue weighted by Gasteiger charge is -2.33. The molecular weight excluding hydrogens is 222 g/mol. The fourth-order valence-electron chi connectivity index (χ4n) is 3.07. The fourth-order valence-corrected chi connectivity index (χ4v) is 3.07. The third-order valence-electron chi connectivity index (χ3n) is 4.08. The van der Waals surface area contributed by atoms with Crippen molar-refractivity contribution in [1.82, 2.24) is 0 Å². The summed E-state index contributed by atoms with van der Waals surface area (Å²) in [5, 5.41) is 0. The van der Waals surface area contributed by atoms with Gasteiger partial charge in [0.1, 0.15) is 0 Å². The van der Waals surface area contributed by atoms with Crippen LogP contribution >= 0.6 is 0 Å². The average Bonchev–Trinajstić information content (AvgIpc) is 2.37. The minimum atomic E-state index is -0.120. The van der Waals surface area contributed by atoms with Crippen molar-refractivity contribution in [3.63, 3.8) is 0 Å². The summed E-state index contributed by atoms with van der Waals surface area (Å²) < 4.78 is 5.16. The van der Waals surface area contributed by atoms with Gasteiger partial charge in [-0.15, -0.1) is 0 Å². The van der Waals surface area contributed by atoms with Crippen molar-refractivity contribution in [2.45, 2.75) is 50.5 Å². The van der Waals surface area contributed by atoms with Gasteiger partial charge < -0.3 is 10.5 Å². The minimum absolute atomic E-state index is 0.120. The highest BCUT2D eigenvalue weighted by Gasteiger charge is 2.27. The smallest absolute Gasteiger partial charge is 0.0479 e. The number of aryl methyl sites for hydroxylation is 1. The zero-order chi connectivity index (χ0) is 13.0. The molecule has 100 valence electrons. The first-order chi connectivity index (χ1) is 8.62. The van der Waals surface area contributed by atoms with E-state index in [1.165, 1.54) is 30.4 Å². The standard InChI is InChI=1S/C16H25NO/c1-16(17,10-11-18-2)12-14-8-5-7-13-6-3-4-9-15(13)14/h3-4,6,9,14H,5,7-8,10-12,17H2,1-2H3. The molecule has 0 aliphatic heterocycles. The Morgan fingerprint density at radius 1 is 1.39 bits per heavy atom. The van der Waals surface area contributed by atoms with Crippen LogP contribution in [0.25, 0.3) is 0 Å². The first kappa shape index (κ1) is 13.6. The Morgan fingerprint density at radius 2 is 2.17 bits per heavy atom. The molecule has 1 aliphatic rings. The molecule has 0 saturated carbocycles. The Labute approximate surface area is 111 Å². The molecule has 2 atom stereocenters. The van der Waals surface area contributed by atoms with E-state index in [4.69, 9.17) is 10.5 Å². The second-order valence-corrected chi connectivity index (χ2v) is 5.89. The van der Waals surface area contributed by atoms with Gasteiger partial charge in [0.15, 0.2) is 0 Å². The predicted molar refractivity (Wildman–Crippen MR) is 75.8 cm³/mol. The van der Waals surface area contributed by atoms with Crippen LogP contribution in [0.5, 0.6) is 0 Å². The van der Waals surface area contributed by atoms with E-state index in [0.29, 0.717) is 5.92 Å². The molecule has 2 unspecified atom stereocenters. The number of fused-ring (bicyclic) bond motifs is 1. The Bertz CT molecular complexity index is 386. The summed E-state index contributed by atoms with van der Waals surface area (Å²) in [6, 6.07) is 8.85. The van der Waals surface area contributed by atoms with E-state index in [1.54, 1.807) is 7.11 Å². The number of hydrogen-bond acceptors (Lipinski definition) is 2. The minimum Gasteiger partial charge on any atom is -0.385 e. The molecule has 1 aliphatic carbocycles. The van der Waals surface area contributed by atoms with Gasteiger partial charge in [0.2, 0.25) is 0 Å². The summed E-state index contributed by atoms with van der Waals surface area (Å²) >= 11 is 0. The van der Waals surface area contributed by atoms with Gasteiger partial charge in [-0.1, -0.05) is 24.3 Å². The molecule has 1 aromatic rings. The van der Waals surface area contributed by atoms with E-state index in [1.807, 2.05) is 0 Å². The van der Waals surface area contributed by atoms with Gasteiger partial charge in [0.05, 0.1) is 0 Å². The van der Waals surface area contributed by atoms with Crippen LogP contribution < -0.4 is 5.73 Å². The molecule has 0 amide bonds. The number of ether oxygens (including phenoxy) is 1. The Hall–Kier alpha value is -0.860. The molecule has 0 aromatic heterocycles. The van der Waals surface area contributed by atoms with Crippen LogP contribution in [0.15, 0.2) is 24.3 Å². The van der Waals surface area contributed by atoms with Crippen LogP contribution in [0.4, 0.5) is 0 Å². The third-order valence-corrected chi connectivity index (χ3v) is 4.08. The molecule has 0 fully saturated rings. The van der Waals surface area contributed by atoms with Gasteiger partial charge in [-0.2, -0.15) is 0 Å². The van der Waals surface area contributed by atoms with Gasteiger partial charge in [-0.3, -0.25) is 0 Å². The maximum Gasteiger partial charge on any atom is 0.0479 e. The highest BCUT2D eigenvalue weighted by atomic mass is 16.5. The monoisotopic (exact) mass is 247 g/mol. The lowest BCUT2D eigenvalue weighted by Crippen LogP contribution is -2.39. The lowest BCUT2D eigenvalue weighted by atomic mass is 9.76. The first-order valence-corrected chi connectivity index (χ1v) is 6.98. The maximum atomic E-state index is 6.41. The largest absolute Gasteiger partial charge is 0.385 e. The molecule has 2 rings (SSSR count). The molecule has 0 saturated heterocycles. The van der Waals surface area contributed by atoms with Crippen LogP contribution in [0.3, 0.4) is 0 Å². The van der Waals surface area contributed by atoms with Crippen LogP contribution in [0.1, 0.15) is 49.7 Å². The molecule has 2 heteroatoms. The zero-order valence-electron chi connectivity index (χ0n) is 11.6. The molecular formula is C16H25NO. The van der Waals surface area contributed by atoms with Gasteiger partial charge in [0.25, 0.3) is 0 Å². The number of hydrogen-bond donors (Lipinski definition) is 1. The summed E-state index contributed by atoms with van der Waals surface area (Å²) in [4.78, 5) is 0. The van der Waals surface area contributed by atoms with Crippen molar-refractivity contribution in [2.75, 3.05) is 13.7 Å². The van der Waals surface area contributed by atoms with Crippen LogP contribution in [-0.2, 0) is 11.2 Å². The Balaban J connectivity index is 2.06. The Kier molecular flexibility index (Phi) is 4.41. The van der Waals surface area contributed by atoms with Gasteiger partial charge in [0, 0.05) is 19.3 Å². The van der Waals surface area contributed by atoms with Gasteiger partial charge in [-0.25, -0.2) is 0 Å². The van der Waals surface area contributed by atoms with Crippen molar-refractivity contribution >= 4 is 0 Å². The summed E-state index contributed by atoms with van der Waals surface area (Å²) in [5.74, 6) is 0.627. The summed E-state index contributed by atoms with van der Waals surface area (Å²) in [5.41, 5.74) is 9.34. The highest BCUT2D eigenvalue weighted by molar-refractivity contribution is 5.32. The molecule has 0 radical (unpaired) electrons. The molecule has 2 N–H and O–H groups in total. The molecule has 1 aromatic carbocycles. The molecule has 2 nitrogen and oxygen atoms in total. The van der Waals surface area contributed by atoms with Crippen molar-refractivity contribution in [3.8, 4) is 0 Å². The van der Waals surface area contributed by atoms with E-state index < -0.39 is 0 Å². The van der Waals surface area contributed by atoms with E-state index in [2.05, 4.69) is 31.2 Å². The lowest BCUT2D eigenvalue weighted by molar-refractivity contribution is 0.165. The second kappa shape index (κ2) is 5.85. The third kappa shape index (κ3) is 3.33. The molecule has 18 heavy (non-hydrogen) atoms. The number of rotatable bonds is 5. The zero-order valence-corrected chi connectivity index (χ0v) is 11.6. The number of methoxy groups -OCH3 is 1. The van der Waals surface area contributed by atoms with Crippen LogP contribution in [0.2, 0.25) is 0 Å². The van der Waals surface area contributed by atoms with Crippen molar-refractivity contribution in [1.29, 1.82) is 0 Å².